The lowest BCUT2D eigenvalue weighted by Crippen LogP contribution is -2.13. The van der Waals surface area contributed by atoms with E-state index in [9.17, 15) is 4.79 Å². The molecule has 0 aromatic carbocycles. The van der Waals surface area contributed by atoms with Gasteiger partial charge in [0.15, 0.2) is 11.5 Å². The minimum absolute atomic E-state index is 0.313. The summed E-state index contributed by atoms with van der Waals surface area (Å²) in [7, 11) is 1.35. The van der Waals surface area contributed by atoms with E-state index in [0.29, 0.717) is 37.8 Å². The Bertz CT molecular complexity index is 434. The SMILES string of the molecule is CCOCc1nc2c(c(C(=O)OC)n1)CNC2. The molecule has 0 saturated heterocycles. The molecule has 0 radical (unpaired) electrons. The lowest BCUT2D eigenvalue weighted by atomic mass is 10.2. The van der Waals surface area contributed by atoms with Gasteiger partial charge in [0.2, 0.25) is 0 Å². The Morgan fingerprint density at radius 2 is 2.24 bits per heavy atom. The number of ether oxygens (including phenoxy) is 2. The molecule has 0 fully saturated rings. The number of rotatable bonds is 4. The number of hydrogen-bond donors (Lipinski definition) is 1. The quantitative estimate of drug-likeness (QED) is 0.764. The van der Waals surface area contributed by atoms with Crippen LogP contribution in [0.4, 0.5) is 0 Å². The molecule has 0 saturated carbocycles. The molecule has 1 aromatic rings. The second-order valence-corrected chi connectivity index (χ2v) is 3.65. The summed E-state index contributed by atoms with van der Waals surface area (Å²) in [4.78, 5) is 20.2. The molecular weight excluding hydrogens is 222 g/mol. The van der Waals surface area contributed by atoms with Crippen LogP contribution < -0.4 is 5.32 Å². The fourth-order valence-electron chi connectivity index (χ4n) is 1.74. The predicted octanol–water partition coefficient (Wildman–Crippen LogP) is 0.403. The molecular formula is C11H15N3O3. The molecule has 1 aliphatic rings. The number of esters is 1. The van der Waals surface area contributed by atoms with E-state index in [4.69, 9.17) is 9.47 Å². The summed E-state index contributed by atoms with van der Waals surface area (Å²) in [6, 6.07) is 0. The molecule has 6 heteroatoms. The van der Waals surface area contributed by atoms with Crippen LogP contribution in [0.25, 0.3) is 0 Å². The summed E-state index contributed by atoms with van der Waals surface area (Å²) in [5.74, 6) is 0.0970. The minimum atomic E-state index is -0.426. The lowest BCUT2D eigenvalue weighted by molar-refractivity contribution is 0.0590. The molecule has 92 valence electrons. The fourth-order valence-corrected chi connectivity index (χ4v) is 1.74. The van der Waals surface area contributed by atoms with Gasteiger partial charge in [-0.2, -0.15) is 0 Å². The molecule has 0 unspecified atom stereocenters. The van der Waals surface area contributed by atoms with Crippen molar-refractivity contribution in [2.45, 2.75) is 26.6 Å². The standard InChI is InChI=1S/C11H15N3O3/c1-3-17-6-9-13-8-5-12-4-7(8)10(14-9)11(15)16-2/h12H,3-6H2,1-2H3. The number of fused-ring (bicyclic) bond motifs is 1. The van der Waals surface area contributed by atoms with E-state index in [1.54, 1.807) is 0 Å². The van der Waals surface area contributed by atoms with Crippen molar-refractivity contribution in [3.63, 3.8) is 0 Å². The van der Waals surface area contributed by atoms with Crippen molar-refractivity contribution in [1.82, 2.24) is 15.3 Å². The van der Waals surface area contributed by atoms with Crippen LogP contribution in [-0.4, -0.2) is 29.7 Å². The van der Waals surface area contributed by atoms with Crippen molar-refractivity contribution < 1.29 is 14.3 Å². The van der Waals surface area contributed by atoms with E-state index in [0.717, 1.165) is 11.3 Å². The highest BCUT2D eigenvalue weighted by Crippen LogP contribution is 2.18. The van der Waals surface area contributed by atoms with Gasteiger partial charge in [0.25, 0.3) is 0 Å². The van der Waals surface area contributed by atoms with Crippen molar-refractivity contribution in [3.8, 4) is 0 Å². The second-order valence-electron chi connectivity index (χ2n) is 3.65. The van der Waals surface area contributed by atoms with Crippen molar-refractivity contribution in [1.29, 1.82) is 0 Å². The van der Waals surface area contributed by atoms with Gasteiger partial charge in [-0.1, -0.05) is 0 Å². The fraction of sp³-hybridized carbons (Fsp3) is 0.545. The average Bonchev–Trinajstić information content (AvgIpc) is 2.82. The van der Waals surface area contributed by atoms with Crippen LogP contribution in [0.3, 0.4) is 0 Å². The first-order valence-corrected chi connectivity index (χ1v) is 5.51. The number of aromatic nitrogens is 2. The lowest BCUT2D eigenvalue weighted by Gasteiger charge is -2.07. The molecule has 0 atom stereocenters. The summed E-state index contributed by atoms with van der Waals surface area (Å²) >= 11 is 0. The van der Waals surface area contributed by atoms with Crippen LogP contribution in [0.1, 0.15) is 34.5 Å². The van der Waals surface area contributed by atoms with E-state index in [2.05, 4.69) is 15.3 Å². The van der Waals surface area contributed by atoms with Crippen LogP contribution in [0.2, 0.25) is 0 Å². The Morgan fingerprint density at radius 3 is 2.94 bits per heavy atom. The van der Waals surface area contributed by atoms with Gasteiger partial charge in [-0.25, -0.2) is 14.8 Å². The number of hydrogen-bond acceptors (Lipinski definition) is 6. The van der Waals surface area contributed by atoms with Crippen LogP contribution in [0.5, 0.6) is 0 Å². The van der Waals surface area contributed by atoms with Gasteiger partial charge in [0, 0.05) is 25.3 Å². The van der Waals surface area contributed by atoms with E-state index in [1.807, 2.05) is 6.92 Å². The molecule has 17 heavy (non-hydrogen) atoms. The summed E-state index contributed by atoms with van der Waals surface area (Å²) in [6.07, 6.45) is 0. The van der Waals surface area contributed by atoms with Crippen LogP contribution in [0.15, 0.2) is 0 Å². The van der Waals surface area contributed by atoms with E-state index < -0.39 is 5.97 Å². The van der Waals surface area contributed by atoms with Crippen molar-refractivity contribution in [2.75, 3.05) is 13.7 Å². The van der Waals surface area contributed by atoms with Gasteiger partial charge in [-0.15, -0.1) is 0 Å². The van der Waals surface area contributed by atoms with Crippen molar-refractivity contribution >= 4 is 5.97 Å². The number of nitrogens with zero attached hydrogens (tertiary/aromatic N) is 2. The Kier molecular flexibility index (Phi) is 3.65. The third-order valence-corrected chi connectivity index (χ3v) is 2.55. The maximum atomic E-state index is 11.6. The molecule has 0 spiro atoms. The average molecular weight is 237 g/mol. The van der Waals surface area contributed by atoms with Gasteiger partial charge in [-0.05, 0) is 6.92 Å². The Morgan fingerprint density at radius 1 is 1.41 bits per heavy atom. The highest BCUT2D eigenvalue weighted by molar-refractivity contribution is 5.89. The Labute approximate surface area is 99.4 Å². The van der Waals surface area contributed by atoms with Crippen LogP contribution in [-0.2, 0) is 29.2 Å². The largest absolute Gasteiger partial charge is 0.464 e. The Balaban J connectivity index is 2.35. The van der Waals surface area contributed by atoms with Gasteiger partial charge < -0.3 is 14.8 Å². The van der Waals surface area contributed by atoms with Crippen molar-refractivity contribution in [2.24, 2.45) is 0 Å². The molecule has 2 rings (SSSR count). The molecule has 0 aliphatic carbocycles. The van der Waals surface area contributed by atoms with Crippen molar-refractivity contribution in [3.05, 3.63) is 22.8 Å². The molecule has 1 aliphatic heterocycles. The maximum absolute atomic E-state index is 11.6. The predicted molar refractivity (Wildman–Crippen MR) is 59.2 cm³/mol. The summed E-state index contributed by atoms with van der Waals surface area (Å²) in [6.45, 7) is 4.06. The van der Waals surface area contributed by atoms with Gasteiger partial charge in [0.05, 0.1) is 12.8 Å². The zero-order valence-electron chi connectivity index (χ0n) is 9.95. The Hall–Kier alpha value is -1.53. The highest BCUT2D eigenvalue weighted by Gasteiger charge is 2.23. The van der Waals surface area contributed by atoms with E-state index in [-0.39, 0.29) is 0 Å². The molecule has 2 heterocycles. The normalized spacial score (nSPS) is 13.5. The zero-order valence-corrected chi connectivity index (χ0v) is 9.95. The van der Waals surface area contributed by atoms with E-state index in [1.165, 1.54) is 7.11 Å². The minimum Gasteiger partial charge on any atom is -0.464 e. The molecule has 0 amide bonds. The van der Waals surface area contributed by atoms with Gasteiger partial charge >= 0.3 is 5.97 Å². The summed E-state index contributed by atoms with van der Waals surface area (Å²) in [5, 5.41) is 3.14. The topological polar surface area (TPSA) is 73.3 Å². The third kappa shape index (κ3) is 2.42. The summed E-state index contributed by atoms with van der Waals surface area (Å²) in [5.41, 5.74) is 2.03. The van der Waals surface area contributed by atoms with Crippen LogP contribution in [0, 0.1) is 0 Å². The molecule has 0 bridgehead atoms. The zero-order chi connectivity index (χ0) is 12.3. The highest BCUT2D eigenvalue weighted by atomic mass is 16.5. The monoisotopic (exact) mass is 237 g/mol. The second kappa shape index (κ2) is 5.20. The third-order valence-electron chi connectivity index (χ3n) is 2.55. The van der Waals surface area contributed by atoms with Crippen LogP contribution >= 0.6 is 0 Å². The first-order valence-electron chi connectivity index (χ1n) is 5.51. The molecule has 1 aromatic heterocycles. The van der Waals surface area contributed by atoms with Gasteiger partial charge in [0.1, 0.15) is 6.61 Å². The maximum Gasteiger partial charge on any atom is 0.357 e. The number of carbonyl (C=O) groups excluding carboxylic acids is 1. The number of nitrogens with one attached hydrogen (secondary N) is 1. The van der Waals surface area contributed by atoms with E-state index >= 15 is 0 Å². The molecule has 1 N–H and O–H groups in total. The summed E-state index contributed by atoms with van der Waals surface area (Å²) < 4.78 is 9.97. The number of methoxy groups -OCH3 is 1. The number of carbonyl (C=O) groups is 1. The smallest absolute Gasteiger partial charge is 0.357 e. The van der Waals surface area contributed by atoms with Gasteiger partial charge in [-0.3, -0.25) is 0 Å². The first kappa shape index (κ1) is 11.9. The first-order chi connectivity index (χ1) is 8.26. The molecule has 6 nitrogen and oxygen atoms in total.